The molecule has 4 heteroatoms. The largest absolute Gasteiger partial charge is 0.293 e. The van der Waals surface area contributed by atoms with Crippen molar-refractivity contribution in [2.45, 2.75) is 71.1 Å². The number of allylic oxidation sites excluding steroid dienone is 6. The second-order valence-corrected chi connectivity index (χ2v) is 7.35. The minimum Gasteiger partial charge on any atom is -0.293 e. The molecule has 1 aliphatic rings. The highest BCUT2D eigenvalue weighted by Crippen LogP contribution is 2.13. The summed E-state index contributed by atoms with van der Waals surface area (Å²) in [7, 11) is -3.83. The lowest BCUT2D eigenvalue weighted by atomic mass is 10.0. The molecule has 0 fully saturated rings. The maximum Gasteiger partial charge on any atom is 0.207 e. The van der Waals surface area contributed by atoms with Crippen molar-refractivity contribution in [1.29, 1.82) is 0 Å². The van der Waals surface area contributed by atoms with Crippen LogP contribution in [0.2, 0.25) is 0 Å². The Labute approximate surface area is 135 Å². The van der Waals surface area contributed by atoms with Gasteiger partial charge in [0.25, 0.3) is 0 Å². The van der Waals surface area contributed by atoms with Crippen LogP contribution in [0.15, 0.2) is 36.0 Å². The van der Waals surface area contributed by atoms with Gasteiger partial charge in [-0.3, -0.25) is 9.11 Å². The SMILES string of the molecule is CCCCCCCCCCCC=C1C=CC(=S(=O)(O)O)C=C1. The molecule has 1 aliphatic carbocycles. The van der Waals surface area contributed by atoms with E-state index in [9.17, 15) is 4.21 Å². The van der Waals surface area contributed by atoms with Gasteiger partial charge in [-0.2, -0.15) is 0 Å². The molecule has 0 bridgehead atoms. The topological polar surface area (TPSA) is 57.5 Å². The first-order valence-corrected chi connectivity index (χ1v) is 9.93. The van der Waals surface area contributed by atoms with E-state index in [0.717, 1.165) is 12.0 Å². The Morgan fingerprint density at radius 1 is 0.864 bits per heavy atom. The van der Waals surface area contributed by atoms with Gasteiger partial charge < -0.3 is 0 Å². The predicted molar refractivity (Wildman–Crippen MR) is 96.6 cm³/mol. The lowest BCUT2D eigenvalue weighted by molar-refractivity contribution is 0.447. The summed E-state index contributed by atoms with van der Waals surface area (Å²) >= 11 is 0. The van der Waals surface area contributed by atoms with E-state index in [-0.39, 0.29) is 4.86 Å². The minimum atomic E-state index is -3.83. The van der Waals surface area contributed by atoms with Gasteiger partial charge in [-0.25, -0.2) is 4.21 Å². The molecule has 0 aliphatic heterocycles. The lowest BCUT2D eigenvalue weighted by Crippen LogP contribution is -2.09. The normalized spacial score (nSPS) is 14.7. The Balaban J connectivity index is 2.11. The van der Waals surface area contributed by atoms with E-state index in [1.807, 2.05) is 0 Å². The molecule has 3 nitrogen and oxygen atoms in total. The van der Waals surface area contributed by atoms with Gasteiger partial charge in [0, 0.05) is 0 Å². The summed E-state index contributed by atoms with van der Waals surface area (Å²) in [5.74, 6) is 0. The third-order valence-electron chi connectivity index (χ3n) is 3.87. The zero-order valence-electron chi connectivity index (χ0n) is 13.7. The average Bonchev–Trinajstić information content (AvgIpc) is 2.49. The Hall–Kier alpha value is -0.840. The molecule has 0 heterocycles. The van der Waals surface area contributed by atoms with Crippen LogP contribution < -0.4 is 0 Å². The molecule has 0 atom stereocenters. The number of hydrogen-bond acceptors (Lipinski definition) is 1. The molecular weight excluding hydrogens is 296 g/mol. The van der Waals surface area contributed by atoms with Crippen LogP contribution in [0, 0.1) is 0 Å². The Morgan fingerprint density at radius 2 is 1.36 bits per heavy atom. The first-order chi connectivity index (χ1) is 10.5. The standard InChI is InChI=1S/C18H30O3S/c1-2-3-4-5-6-7-8-9-10-11-12-17-13-15-18(16-14-17)22(19,20)21/h12-16H,2-11H2,1H3,(H2,19,20,21). The maximum atomic E-state index is 11.0. The Morgan fingerprint density at radius 3 is 1.86 bits per heavy atom. The van der Waals surface area contributed by atoms with Gasteiger partial charge in [0.05, 0.1) is 4.86 Å². The first-order valence-electron chi connectivity index (χ1n) is 8.46. The van der Waals surface area contributed by atoms with E-state index in [2.05, 4.69) is 13.0 Å². The Kier molecular flexibility index (Phi) is 9.44. The molecular formula is C18H30O3S. The van der Waals surface area contributed by atoms with E-state index in [1.54, 1.807) is 12.2 Å². The van der Waals surface area contributed by atoms with Crippen LogP contribution in [0.4, 0.5) is 0 Å². The van der Waals surface area contributed by atoms with E-state index in [0.29, 0.717) is 0 Å². The van der Waals surface area contributed by atoms with Gasteiger partial charge in [-0.15, -0.1) is 0 Å². The zero-order valence-corrected chi connectivity index (χ0v) is 14.5. The van der Waals surface area contributed by atoms with Crippen molar-refractivity contribution in [3.05, 3.63) is 36.0 Å². The molecule has 0 aromatic rings. The fourth-order valence-electron chi connectivity index (χ4n) is 2.50. The summed E-state index contributed by atoms with van der Waals surface area (Å²) in [5.41, 5.74) is 1.03. The highest BCUT2D eigenvalue weighted by atomic mass is 32.2. The molecule has 0 aromatic heterocycles. The van der Waals surface area contributed by atoms with Crippen LogP contribution >= 0.6 is 0 Å². The van der Waals surface area contributed by atoms with Crippen molar-refractivity contribution in [2.24, 2.45) is 0 Å². The second-order valence-electron chi connectivity index (χ2n) is 5.89. The summed E-state index contributed by atoms with van der Waals surface area (Å²) in [5, 5.41) is 0. The van der Waals surface area contributed by atoms with Crippen LogP contribution in [0.5, 0.6) is 0 Å². The zero-order chi connectivity index (χ0) is 16.3. The lowest BCUT2D eigenvalue weighted by Gasteiger charge is -2.05. The van der Waals surface area contributed by atoms with Gasteiger partial charge in [0.1, 0.15) is 0 Å². The second kappa shape index (κ2) is 10.8. The maximum absolute atomic E-state index is 11.0. The molecule has 0 aromatic carbocycles. The molecule has 0 radical (unpaired) electrons. The van der Waals surface area contributed by atoms with Crippen LogP contribution in [0.1, 0.15) is 71.1 Å². The van der Waals surface area contributed by atoms with Crippen molar-refractivity contribution in [3.8, 4) is 0 Å². The summed E-state index contributed by atoms with van der Waals surface area (Å²) in [6, 6.07) is 0. The fraction of sp³-hybridized carbons (Fsp3) is 0.611. The molecule has 0 spiro atoms. The molecule has 22 heavy (non-hydrogen) atoms. The summed E-state index contributed by atoms with van der Waals surface area (Å²) in [6.07, 6.45) is 21.7. The van der Waals surface area contributed by atoms with Crippen LogP contribution in [0.3, 0.4) is 0 Å². The third kappa shape index (κ3) is 8.57. The van der Waals surface area contributed by atoms with Crippen LogP contribution in [-0.4, -0.2) is 18.2 Å². The molecule has 0 saturated carbocycles. The summed E-state index contributed by atoms with van der Waals surface area (Å²) in [6.45, 7) is 2.25. The van der Waals surface area contributed by atoms with E-state index in [1.165, 1.54) is 69.9 Å². The first kappa shape index (κ1) is 19.2. The minimum absolute atomic E-state index is 0.0627. The molecule has 0 unspecified atom stereocenters. The molecule has 126 valence electrons. The van der Waals surface area contributed by atoms with Gasteiger partial charge in [-0.05, 0) is 30.6 Å². The molecule has 1 rings (SSSR count). The van der Waals surface area contributed by atoms with Gasteiger partial charge in [0.15, 0.2) is 0 Å². The van der Waals surface area contributed by atoms with E-state index in [4.69, 9.17) is 9.11 Å². The summed E-state index contributed by atoms with van der Waals surface area (Å²) in [4.78, 5) is 0.0627. The third-order valence-corrected chi connectivity index (χ3v) is 4.76. The molecule has 0 saturated heterocycles. The number of rotatable bonds is 10. The monoisotopic (exact) mass is 326 g/mol. The highest BCUT2D eigenvalue weighted by molar-refractivity contribution is 7.92. The van der Waals surface area contributed by atoms with Crippen molar-refractivity contribution in [3.63, 3.8) is 0 Å². The van der Waals surface area contributed by atoms with E-state index < -0.39 is 10.1 Å². The smallest absolute Gasteiger partial charge is 0.207 e. The molecule has 2 N–H and O–H groups in total. The Bertz CT molecular complexity index is 494. The highest BCUT2D eigenvalue weighted by Gasteiger charge is 2.05. The number of unbranched alkanes of at least 4 members (excludes halogenated alkanes) is 9. The van der Waals surface area contributed by atoms with Crippen molar-refractivity contribution >= 4 is 14.9 Å². The van der Waals surface area contributed by atoms with Gasteiger partial charge in [0.2, 0.25) is 10.1 Å². The van der Waals surface area contributed by atoms with Crippen LogP contribution in [-0.2, 0) is 10.1 Å². The van der Waals surface area contributed by atoms with Crippen molar-refractivity contribution in [1.82, 2.24) is 0 Å². The number of hydrogen-bond donors (Lipinski definition) is 2. The molecule has 0 amide bonds. The van der Waals surface area contributed by atoms with E-state index >= 15 is 0 Å². The van der Waals surface area contributed by atoms with Crippen molar-refractivity contribution in [2.75, 3.05) is 0 Å². The quantitative estimate of drug-likeness (QED) is 0.419. The van der Waals surface area contributed by atoms with Gasteiger partial charge >= 0.3 is 0 Å². The fourth-order valence-corrected chi connectivity index (χ4v) is 3.00. The van der Waals surface area contributed by atoms with Crippen molar-refractivity contribution < 1.29 is 13.3 Å². The predicted octanol–water partition coefficient (Wildman–Crippen LogP) is 5.36. The van der Waals surface area contributed by atoms with Crippen LogP contribution in [0.25, 0.3) is 0 Å². The van der Waals surface area contributed by atoms with Gasteiger partial charge in [-0.1, -0.05) is 76.5 Å². The summed E-state index contributed by atoms with van der Waals surface area (Å²) < 4.78 is 29.1. The average molecular weight is 327 g/mol.